The molecule has 0 aromatic heterocycles. The largest absolute Gasteiger partial charge is 0.393 e. The highest BCUT2D eigenvalue weighted by Crippen LogP contribution is 2.39. The Morgan fingerprint density at radius 2 is 2.18 bits per heavy atom. The van der Waals surface area contributed by atoms with Crippen molar-refractivity contribution in [3.05, 3.63) is 22.8 Å². The molecule has 0 aromatic rings. The lowest BCUT2D eigenvalue weighted by molar-refractivity contribution is 0.117. The maximum Gasteiger partial charge on any atom is 0.0624 e. The topological polar surface area (TPSA) is 40.5 Å². The van der Waals surface area contributed by atoms with Crippen LogP contribution in [0.15, 0.2) is 22.8 Å². The molecule has 0 aliphatic heterocycles. The van der Waals surface area contributed by atoms with Crippen LogP contribution in [0.4, 0.5) is 0 Å². The third-order valence-electron chi connectivity index (χ3n) is 3.17. The van der Waals surface area contributed by atoms with Crippen LogP contribution in [0.3, 0.4) is 0 Å². The molecule has 0 bridgehead atoms. The molecule has 0 heterocycles. The van der Waals surface area contributed by atoms with Gasteiger partial charge in [-0.3, -0.25) is 0 Å². The van der Waals surface area contributed by atoms with Gasteiger partial charge in [0.15, 0.2) is 0 Å². The van der Waals surface area contributed by atoms with E-state index in [-0.39, 0.29) is 18.1 Å². The van der Waals surface area contributed by atoms with Crippen LogP contribution in [0.25, 0.3) is 0 Å². The summed E-state index contributed by atoms with van der Waals surface area (Å²) in [5.74, 6) is 6.27. The van der Waals surface area contributed by atoms with Crippen LogP contribution in [-0.2, 0) is 0 Å². The highest BCUT2D eigenvalue weighted by atomic mass is 16.3. The van der Waals surface area contributed by atoms with Gasteiger partial charge in [0.25, 0.3) is 0 Å². The van der Waals surface area contributed by atoms with Crippen molar-refractivity contribution in [2.24, 2.45) is 5.41 Å². The fourth-order valence-corrected chi connectivity index (χ4v) is 2.42. The van der Waals surface area contributed by atoms with Gasteiger partial charge >= 0.3 is 0 Å². The zero-order valence-electron chi connectivity index (χ0n) is 11.2. The molecule has 0 amide bonds. The third-order valence-corrected chi connectivity index (χ3v) is 3.17. The van der Waals surface area contributed by atoms with Crippen LogP contribution in [0.5, 0.6) is 0 Å². The number of allylic oxidation sites excluding steroid dienone is 2. The maximum absolute atomic E-state index is 9.77. The molecule has 1 aliphatic rings. The van der Waals surface area contributed by atoms with E-state index in [1.54, 1.807) is 6.08 Å². The first-order valence-electron chi connectivity index (χ1n) is 6.04. The van der Waals surface area contributed by atoms with E-state index in [2.05, 4.69) is 25.7 Å². The van der Waals surface area contributed by atoms with Crippen molar-refractivity contribution in [3.8, 4) is 11.8 Å². The lowest BCUT2D eigenvalue weighted by Gasteiger charge is -2.34. The summed E-state index contributed by atoms with van der Waals surface area (Å²) in [7, 11) is 0. The van der Waals surface area contributed by atoms with E-state index in [0.29, 0.717) is 0 Å². The quantitative estimate of drug-likeness (QED) is 0.684. The normalized spacial score (nSPS) is 24.4. The van der Waals surface area contributed by atoms with Crippen LogP contribution in [-0.4, -0.2) is 22.9 Å². The smallest absolute Gasteiger partial charge is 0.0624 e. The first kappa shape index (κ1) is 14.0. The Morgan fingerprint density at radius 3 is 2.71 bits per heavy atom. The summed E-state index contributed by atoms with van der Waals surface area (Å²) in [5.41, 5.74) is 3.13. The SMILES string of the molecule is CC1=C(C#C/C(C)=C\CO)C(C)(C)C[C@H](O)C1. The molecule has 1 rings (SSSR count). The molecule has 0 aromatic carbocycles. The Labute approximate surface area is 104 Å². The molecule has 2 N–H and O–H groups in total. The number of hydrogen-bond donors (Lipinski definition) is 2. The van der Waals surface area contributed by atoms with Crippen LogP contribution in [0.2, 0.25) is 0 Å². The zero-order chi connectivity index (χ0) is 13.1. The maximum atomic E-state index is 9.77. The van der Waals surface area contributed by atoms with Crippen LogP contribution in [0.1, 0.15) is 40.5 Å². The summed E-state index contributed by atoms with van der Waals surface area (Å²) in [4.78, 5) is 0. The molecular formula is C15H22O2. The first-order valence-corrected chi connectivity index (χ1v) is 6.04. The molecule has 0 spiro atoms. The van der Waals surface area contributed by atoms with Gasteiger partial charge in [-0.05, 0) is 38.3 Å². The van der Waals surface area contributed by atoms with E-state index >= 15 is 0 Å². The Bertz CT molecular complexity index is 402. The van der Waals surface area contributed by atoms with E-state index in [1.807, 2.05) is 13.8 Å². The monoisotopic (exact) mass is 234 g/mol. The van der Waals surface area contributed by atoms with Crippen molar-refractivity contribution >= 4 is 0 Å². The van der Waals surface area contributed by atoms with Gasteiger partial charge in [0.05, 0.1) is 12.7 Å². The van der Waals surface area contributed by atoms with Crippen molar-refractivity contribution < 1.29 is 10.2 Å². The molecule has 0 fully saturated rings. The molecule has 2 heteroatoms. The molecule has 17 heavy (non-hydrogen) atoms. The predicted molar refractivity (Wildman–Crippen MR) is 70.3 cm³/mol. The second-order valence-corrected chi connectivity index (χ2v) is 5.42. The van der Waals surface area contributed by atoms with Crippen molar-refractivity contribution in [1.82, 2.24) is 0 Å². The van der Waals surface area contributed by atoms with Gasteiger partial charge in [-0.2, -0.15) is 0 Å². The second kappa shape index (κ2) is 5.53. The van der Waals surface area contributed by atoms with Gasteiger partial charge in [-0.15, -0.1) is 0 Å². The highest BCUT2D eigenvalue weighted by Gasteiger charge is 2.31. The Kier molecular flexibility index (Phi) is 4.56. The van der Waals surface area contributed by atoms with Crippen molar-refractivity contribution in [2.45, 2.75) is 46.6 Å². The minimum atomic E-state index is -0.246. The second-order valence-electron chi connectivity index (χ2n) is 5.42. The molecule has 0 radical (unpaired) electrons. The lowest BCUT2D eigenvalue weighted by Crippen LogP contribution is -2.28. The lowest BCUT2D eigenvalue weighted by atomic mass is 9.72. The van der Waals surface area contributed by atoms with E-state index in [0.717, 1.165) is 24.0 Å². The summed E-state index contributed by atoms with van der Waals surface area (Å²) in [6.07, 6.45) is 2.94. The summed E-state index contributed by atoms with van der Waals surface area (Å²) >= 11 is 0. The average Bonchev–Trinajstić information content (AvgIpc) is 2.14. The van der Waals surface area contributed by atoms with Gasteiger partial charge in [0.2, 0.25) is 0 Å². The average molecular weight is 234 g/mol. The van der Waals surface area contributed by atoms with E-state index < -0.39 is 0 Å². The van der Waals surface area contributed by atoms with Crippen molar-refractivity contribution in [2.75, 3.05) is 6.61 Å². The molecular weight excluding hydrogens is 212 g/mol. The van der Waals surface area contributed by atoms with Gasteiger partial charge in [-0.1, -0.05) is 31.3 Å². The van der Waals surface area contributed by atoms with Gasteiger partial charge < -0.3 is 10.2 Å². The summed E-state index contributed by atoms with van der Waals surface area (Å²) in [5, 5.41) is 18.5. The highest BCUT2D eigenvalue weighted by molar-refractivity contribution is 5.44. The number of hydrogen-bond acceptors (Lipinski definition) is 2. The molecule has 0 saturated heterocycles. The van der Waals surface area contributed by atoms with E-state index in [1.165, 1.54) is 5.57 Å². The Morgan fingerprint density at radius 1 is 1.53 bits per heavy atom. The van der Waals surface area contributed by atoms with Crippen LogP contribution in [0, 0.1) is 17.3 Å². The fourth-order valence-electron chi connectivity index (χ4n) is 2.42. The minimum absolute atomic E-state index is 0.0284. The summed E-state index contributed by atoms with van der Waals surface area (Å²) in [6, 6.07) is 0. The Hall–Kier alpha value is -1.04. The van der Waals surface area contributed by atoms with Crippen LogP contribution < -0.4 is 0 Å². The van der Waals surface area contributed by atoms with Crippen molar-refractivity contribution in [1.29, 1.82) is 0 Å². The number of rotatable bonds is 1. The number of aliphatic hydroxyl groups is 2. The molecule has 1 aliphatic carbocycles. The zero-order valence-corrected chi connectivity index (χ0v) is 11.2. The molecule has 94 valence electrons. The summed E-state index contributed by atoms with van der Waals surface area (Å²) in [6.45, 7) is 8.20. The predicted octanol–water partition coefficient (Wildman–Crippen LogP) is 2.43. The standard InChI is InChI=1S/C15H22O2/c1-11(7-8-16)5-6-14-12(2)9-13(17)10-15(14,3)4/h7,13,16-17H,8-10H2,1-4H3/b11-7-/t13-/m1/s1. The third kappa shape index (κ3) is 3.73. The van der Waals surface area contributed by atoms with Gasteiger partial charge in [0, 0.05) is 11.0 Å². The molecule has 2 nitrogen and oxygen atoms in total. The molecule has 1 atom stereocenters. The minimum Gasteiger partial charge on any atom is -0.393 e. The van der Waals surface area contributed by atoms with Gasteiger partial charge in [0.1, 0.15) is 0 Å². The fraction of sp³-hybridized carbons (Fsp3) is 0.600. The van der Waals surface area contributed by atoms with E-state index in [4.69, 9.17) is 5.11 Å². The molecule has 0 unspecified atom stereocenters. The first-order chi connectivity index (χ1) is 7.86. The number of aliphatic hydroxyl groups excluding tert-OH is 2. The Balaban J connectivity index is 3.03. The van der Waals surface area contributed by atoms with E-state index in [9.17, 15) is 5.11 Å². The van der Waals surface area contributed by atoms with Crippen LogP contribution >= 0.6 is 0 Å². The summed E-state index contributed by atoms with van der Waals surface area (Å²) < 4.78 is 0. The van der Waals surface area contributed by atoms with Gasteiger partial charge in [-0.25, -0.2) is 0 Å². The van der Waals surface area contributed by atoms with Crippen molar-refractivity contribution in [3.63, 3.8) is 0 Å². The molecule has 0 saturated carbocycles.